The molecule has 1 unspecified atom stereocenters. The van der Waals surface area contributed by atoms with Gasteiger partial charge in [-0.05, 0) is 19.3 Å². The smallest absolute Gasteiger partial charge is 0.226 e. The zero-order chi connectivity index (χ0) is 9.97. The zero-order valence-electron chi connectivity index (χ0n) is 8.27. The minimum absolute atomic E-state index is 0.0113. The second kappa shape index (κ2) is 3.92. The second-order valence-corrected chi connectivity index (χ2v) is 3.58. The van der Waals surface area contributed by atoms with Gasteiger partial charge in [0, 0.05) is 26.0 Å². The van der Waals surface area contributed by atoms with E-state index in [4.69, 9.17) is 4.74 Å². The summed E-state index contributed by atoms with van der Waals surface area (Å²) in [5.41, 5.74) is 0. The molecular formula is C10H14N2O2. The molecule has 0 aliphatic carbocycles. The minimum atomic E-state index is -0.273. The SMILES string of the molecule is Cn1ccnc1C(=O)C1CCCCO1. The Morgan fingerprint density at radius 1 is 1.64 bits per heavy atom. The van der Waals surface area contributed by atoms with Crippen molar-refractivity contribution in [1.29, 1.82) is 0 Å². The lowest BCUT2D eigenvalue weighted by molar-refractivity contribution is 0.0177. The summed E-state index contributed by atoms with van der Waals surface area (Å²) in [7, 11) is 1.82. The van der Waals surface area contributed by atoms with E-state index in [1.54, 1.807) is 17.0 Å². The number of aryl methyl sites for hydroxylation is 1. The molecule has 0 aromatic carbocycles. The Balaban J connectivity index is 2.11. The van der Waals surface area contributed by atoms with E-state index in [-0.39, 0.29) is 11.9 Å². The van der Waals surface area contributed by atoms with Crippen molar-refractivity contribution < 1.29 is 9.53 Å². The van der Waals surface area contributed by atoms with Gasteiger partial charge in [0.05, 0.1) is 0 Å². The molecule has 0 spiro atoms. The molecule has 1 aromatic rings. The van der Waals surface area contributed by atoms with E-state index in [2.05, 4.69) is 4.98 Å². The summed E-state index contributed by atoms with van der Waals surface area (Å²) < 4.78 is 7.15. The molecule has 1 aromatic heterocycles. The van der Waals surface area contributed by atoms with Crippen LogP contribution in [0.3, 0.4) is 0 Å². The van der Waals surface area contributed by atoms with Gasteiger partial charge in [-0.25, -0.2) is 4.98 Å². The zero-order valence-corrected chi connectivity index (χ0v) is 8.27. The van der Waals surface area contributed by atoms with Gasteiger partial charge in [-0.3, -0.25) is 4.79 Å². The lowest BCUT2D eigenvalue weighted by Gasteiger charge is -2.20. The number of hydrogen-bond donors (Lipinski definition) is 0. The van der Waals surface area contributed by atoms with E-state index in [1.165, 1.54) is 0 Å². The van der Waals surface area contributed by atoms with Crippen molar-refractivity contribution in [3.05, 3.63) is 18.2 Å². The first-order valence-electron chi connectivity index (χ1n) is 4.92. The summed E-state index contributed by atoms with van der Waals surface area (Å²) in [6.07, 6.45) is 6.09. The highest BCUT2D eigenvalue weighted by Crippen LogP contribution is 2.16. The molecule has 1 atom stereocenters. The van der Waals surface area contributed by atoms with Crippen LogP contribution in [0.4, 0.5) is 0 Å². The number of ketones is 1. The van der Waals surface area contributed by atoms with Crippen molar-refractivity contribution in [2.75, 3.05) is 6.61 Å². The van der Waals surface area contributed by atoms with Crippen molar-refractivity contribution in [2.45, 2.75) is 25.4 Å². The van der Waals surface area contributed by atoms with Crippen molar-refractivity contribution in [3.8, 4) is 0 Å². The Kier molecular flexibility index (Phi) is 2.63. The fourth-order valence-electron chi connectivity index (χ4n) is 1.69. The molecule has 0 amide bonds. The minimum Gasteiger partial charge on any atom is -0.370 e. The maximum atomic E-state index is 11.9. The maximum absolute atomic E-state index is 11.9. The summed E-state index contributed by atoms with van der Waals surface area (Å²) in [6.45, 7) is 0.695. The van der Waals surface area contributed by atoms with Crippen LogP contribution in [0.2, 0.25) is 0 Å². The monoisotopic (exact) mass is 194 g/mol. The maximum Gasteiger partial charge on any atom is 0.226 e. The van der Waals surface area contributed by atoms with Crippen molar-refractivity contribution in [2.24, 2.45) is 7.05 Å². The lowest BCUT2D eigenvalue weighted by Crippen LogP contribution is -2.30. The average molecular weight is 194 g/mol. The van der Waals surface area contributed by atoms with Crippen molar-refractivity contribution in [3.63, 3.8) is 0 Å². The fourth-order valence-corrected chi connectivity index (χ4v) is 1.69. The third kappa shape index (κ3) is 1.70. The number of nitrogens with zero attached hydrogens (tertiary/aromatic N) is 2. The van der Waals surface area contributed by atoms with Crippen molar-refractivity contribution in [1.82, 2.24) is 9.55 Å². The Labute approximate surface area is 82.9 Å². The second-order valence-electron chi connectivity index (χ2n) is 3.58. The van der Waals surface area contributed by atoms with Gasteiger partial charge >= 0.3 is 0 Å². The van der Waals surface area contributed by atoms with Gasteiger partial charge in [0.15, 0.2) is 5.82 Å². The first-order valence-corrected chi connectivity index (χ1v) is 4.92. The van der Waals surface area contributed by atoms with E-state index in [1.807, 2.05) is 7.05 Å². The first-order chi connectivity index (χ1) is 6.79. The van der Waals surface area contributed by atoms with Gasteiger partial charge in [0.2, 0.25) is 5.78 Å². The number of rotatable bonds is 2. The van der Waals surface area contributed by atoms with Crippen LogP contribution in [0.25, 0.3) is 0 Å². The van der Waals surface area contributed by atoms with Crippen LogP contribution in [0.15, 0.2) is 12.4 Å². The molecular weight excluding hydrogens is 180 g/mol. The molecule has 4 nitrogen and oxygen atoms in total. The molecule has 1 aliphatic rings. The standard InChI is InChI=1S/C10H14N2O2/c1-12-6-5-11-10(12)9(13)8-4-2-3-7-14-8/h5-6,8H,2-4,7H2,1H3. The number of hydrogen-bond acceptors (Lipinski definition) is 3. The fraction of sp³-hybridized carbons (Fsp3) is 0.600. The molecule has 0 N–H and O–H groups in total. The van der Waals surface area contributed by atoms with Gasteiger partial charge in [0.25, 0.3) is 0 Å². The molecule has 0 bridgehead atoms. The molecule has 1 fully saturated rings. The van der Waals surface area contributed by atoms with Crippen LogP contribution in [0, 0.1) is 0 Å². The third-order valence-corrected chi connectivity index (χ3v) is 2.51. The lowest BCUT2D eigenvalue weighted by atomic mass is 10.1. The summed E-state index contributed by atoms with van der Waals surface area (Å²) in [5.74, 6) is 0.508. The number of carbonyl (C=O) groups is 1. The van der Waals surface area contributed by atoms with Crippen LogP contribution in [-0.4, -0.2) is 28.0 Å². The van der Waals surface area contributed by atoms with E-state index in [0.29, 0.717) is 12.4 Å². The van der Waals surface area contributed by atoms with Gasteiger partial charge in [0.1, 0.15) is 6.10 Å². The van der Waals surface area contributed by atoms with Gasteiger partial charge in [-0.2, -0.15) is 0 Å². The average Bonchev–Trinajstić information content (AvgIpc) is 2.65. The molecule has 0 saturated carbocycles. The molecule has 1 saturated heterocycles. The molecule has 1 aliphatic heterocycles. The number of aromatic nitrogens is 2. The van der Waals surface area contributed by atoms with Crippen LogP contribution in [0.1, 0.15) is 29.9 Å². The quantitative estimate of drug-likeness (QED) is 0.664. The number of Topliss-reactive ketones (excluding diaryl/α,β-unsaturated/α-hetero) is 1. The predicted molar refractivity (Wildman–Crippen MR) is 51.1 cm³/mol. The highest BCUT2D eigenvalue weighted by molar-refractivity contribution is 5.96. The topological polar surface area (TPSA) is 44.1 Å². The summed E-state index contributed by atoms with van der Waals surface area (Å²) >= 11 is 0. The van der Waals surface area contributed by atoms with E-state index < -0.39 is 0 Å². The summed E-state index contributed by atoms with van der Waals surface area (Å²) in [6, 6.07) is 0. The van der Waals surface area contributed by atoms with Crippen LogP contribution < -0.4 is 0 Å². The largest absolute Gasteiger partial charge is 0.370 e. The van der Waals surface area contributed by atoms with E-state index in [0.717, 1.165) is 19.3 Å². The first kappa shape index (κ1) is 9.40. The highest BCUT2D eigenvalue weighted by Gasteiger charge is 2.25. The number of ether oxygens (including phenoxy) is 1. The van der Waals surface area contributed by atoms with Crippen LogP contribution in [0.5, 0.6) is 0 Å². The number of carbonyl (C=O) groups excluding carboxylic acids is 1. The Hall–Kier alpha value is -1.16. The third-order valence-electron chi connectivity index (χ3n) is 2.51. The number of imidazole rings is 1. The molecule has 76 valence electrons. The van der Waals surface area contributed by atoms with Crippen LogP contribution in [-0.2, 0) is 11.8 Å². The molecule has 0 radical (unpaired) electrons. The Bertz CT molecular complexity index is 327. The van der Waals surface area contributed by atoms with E-state index >= 15 is 0 Å². The highest BCUT2D eigenvalue weighted by atomic mass is 16.5. The summed E-state index contributed by atoms with van der Waals surface area (Å²) in [4.78, 5) is 15.9. The molecule has 14 heavy (non-hydrogen) atoms. The molecule has 2 rings (SSSR count). The van der Waals surface area contributed by atoms with Crippen LogP contribution >= 0.6 is 0 Å². The Morgan fingerprint density at radius 2 is 2.50 bits per heavy atom. The van der Waals surface area contributed by atoms with Gasteiger partial charge < -0.3 is 9.30 Å². The van der Waals surface area contributed by atoms with Gasteiger partial charge in [-0.15, -0.1) is 0 Å². The van der Waals surface area contributed by atoms with Gasteiger partial charge in [-0.1, -0.05) is 0 Å². The molecule has 4 heteroatoms. The Morgan fingerprint density at radius 3 is 3.07 bits per heavy atom. The predicted octanol–water partition coefficient (Wildman–Crippen LogP) is 1.17. The normalized spacial score (nSPS) is 22.2. The van der Waals surface area contributed by atoms with Crippen molar-refractivity contribution >= 4 is 5.78 Å². The van der Waals surface area contributed by atoms with E-state index in [9.17, 15) is 4.79 Å². The molecule has 2 heterocycles. The summed E-state index contributed by atoms with van der Waals surface area (Å²) in [5, 5.41) is 0.